The number of rotatable bonds is 2. The Balaban J connectivity index is 1.73. The van der Waals surface area contributed by atoms with Crippen LogP contribution in [0.25, 0.3) is 0 Å². The Morgan fingerprint density at radius 3 is 2.72 bits per heavy atom. The Kier molecular flexibility index (Phi) is 4.88. The Morgan fingerprint density at radius 1 is 1.28 bits per heavy atom. The van der Waals surface area contributed by atoms with Crippen LogP contribution >= 0.6 is 0 Å². The smallest absolute Gasteiger partial charge is 0.322 e. The molecule has 1 atom stereocenters. The molecular formula is C16H24N4O4S. The number of hydrogen-bond donors (Lipinski definition) is 1. The van der Waals surface area contributed by atoms with Gasteiger partial charge in [0.1, 0.15) is 5.69 Å². The van der Waals surface area contributed by atoms with Gasteiger partial charge in [-0.25, -0.2) is 13.2 Å². The molecule has 0 radical (unpaired) electrons. The van der Waals surface area contributed by atoms with E-state index < -0.39 is 10.0 Å². The van der Waals surface area contributed by atoms with Crippen molar-refractivity contribution in [3.8, 4) is 0 Å². The van der Waals surface area contributed by atoms with Crippen LogP contribution in [0.2, 0.25) is 0 Å². The van der Waals surface area contributed by atoms with E-state index in [0.29, 0.717) is 31.6 Å². The molecule has 1 N–H and O–H groups in total. The van der Waals surface area contributed by atoms with Gasteiger partial charge < -0.3 is 14.8 Å². The van der Waals surface area contributed by atoms with Crippen molar-refractivity contribution in [2.24, 2.45) is 7.05 Å². The van der Waals surface area contributed by atoms with Crippen LogP contribution < -0.4 is 10.9 Å². The highest BCUT2D eigenvalue weighted by atomic mass is 32.2. The molecule has 3 heterocycles. The molecule has 2 amide bonds. The molecular weight excluding hydrogens is 344 g/mol. The Morgan fingerprint density at radius 2 is 2.04 bits per heavy atom. The number of piperidine rings is 1. The maximum Gasteiger partial charge on any atom is 0.322 e. The van der Waals surface area contributed by atoms with Gasteiger partial charge in [-0.05, 0) is 37.8 Å². The fourth-order valence-electron chi connectivity index (χ4n) is 3.50. The molecule has 0 aliphatic carbocycles. The van der Waals surface area contributed by atoms with Gasteiger partial charge in [0.2, 0.25) is 10.0 Å². The Hall–Kier alpha value is -1.87. The van der Waals surface area contributed by atoms with E-state index in [4.69, 9.17) is 0 Å². The standard InChI is InChI=1S/C16H24N4O4S/c1-12-6-9-18(2)15(21)14(12)17-16(22)19-7-3-5-13(11-19)20-8-4-10-25(20,23)24/h6,9,13H,3-5,7-8,10-11H2,1-2H3,(H,17,22). The molecule has 2 saturated heterocycles. The average Bonchev–Trinajstić information content (AvgIpc) is 2.94. The molecule has 2 aliphatic rings. The molecule has 8 nitrogen and oxygen atoms in total. The first-order chi connectivity index (χ1) is 11.8. The van der Waals surface area contributed by atoms with Gasteiger partial charge >= 0.3 is 6.03 Å². The first-order valence-electron chi connectivity index (χ1n) is 8.51. The molecule has 1 aromatic rings. The number of nitrogens with zero attached hydrogens (tertiary/aromatic N) is 3. The summed E-state index contributed by atoms with van der Waals surface area (Å²) < 4.78 is 27.2. The molecule has 0 bridgehead atoms. The molecule has 0 saturated carbocycles. The first kappa shape index (κ1) is 17.9. The van der Waals surface area contributed by atoms with Gasteiger partial charge in [0.05, 0.1) is 5.75 Å². The van der Waals surface area contributed by atoms with Crippen LogP contribution in [-0.4, -0.2) is 59.7 Å². The van der Waals surface area contributed by atoms with E-state index in [0.717, 1.165) is 12.8 Å². The largest absolute Gasteiger partial charge is 0.323 e. The highest BCUT2D eigenvalue weighted by Gasteiger charge is 2.37. The van der Waals surface area contributed by atoms with Gasteiger partial charge in [-0.1, -0.05) is 0 Å². The van der Waals surface area contributed by atoms with E-state index in [1.807, 2.05) is 0 Å². The summed E-state index contributed by atoms with van der Waals surface area (Å²) >= 11 is 0. The first-order valence-corrected chi connectivity index (χ1v) is 10.1. The van der Waals surface area contributed by atoms with Crippen LogP contribution in [0.5, 0.6) is 0 Å². The second-order valence-electron chi connectivity index (χ2n) is 6.74. The van der Waals surface area contributed by atoms with E-state index in [1.165, 1.54) is 4.57 Å². The molecule has 1 aromatic heterocycles. The van der Waals surface area contributed by atoms with Crippen molar-refractivity contribution in [2.45, 2.75) is 32.2 Å². The molecule has 2 aliphatic heterocycles. The SMILES string of the molecule is Cc1ccn(C)c(=O)c1NC(=O)N1CCCC(N2CCCS2(=O)=O)C1. The van der Waals surface area contributed by atoms with Crippen LogP contribution in [-0.2, 0) is 17.1 Å². The predicted molar refractivity (Wildman–Crippen MR) is 95.1 cm³/mol. The van der Waals surface area contributed by atoms with Crippen LogP contribution in [0.1, 0.15) is 24.8 Å². The molecule has 0 aromatic carbocycles. The van der Waals surface area contributed by atoms with Crippen molar-refractivity contribution in [2.75, 3.05) is 30.7 Å². The Bertz CT molecular complexity index is 833. The van der Waals surface area contributed by atoms with Crippen LogP contribution in [0.15, 0.2) is 17.1 Å². The van der Waals surface area contributed by atoms with Crippen LogP contribution in [0, 0.1) is 6.92 Å². The minimum atomic E-state index is -3.19. The number of amides is 2. The van der Waals surface area contributed by atoms with Crippen LogP contribution in [0.4, 0.5) is 10.5 Å². The summed E-state index contributed by atoms with van der Waals surface area (Å²) in [6, 6.07) is 1.24. The van der Waals surface area contributed by atoms with Gasteiger partial charge in [-0.15, -0.1) is 0 Å². The number of sulfonamides is 1. The Labute approximate surface area is 147 Å². The topological polar surface area (TPSA) is 91.7 Å². The quantitative estimate of drug-likeness (QED) is 0.833. The lowest BCUT2D eigenvalue weighted by molar-refractivity contribution is 0.163. The summed E-state index contributed by atoms with van der Waals surface area (Å²) in [5.74, 6) is 0.189. The van der Waals surface area contributed by atoms with E-state index in [2.05, 4.69) is 5.32 Å². The number of aromatic nitrogens is 1. The molecule has 25 heavy (non-hydrogen) atoms. The molecule has 1 unspecified atom stereocenters. The fourth-order valence-corrected chi connectivity index (χ4v) is 5.26. The monoisotopic (exact) mass is 368 g/mol. The summed E-state index contributed by atoms with van der Waals surface area (Å²) in [4.78, 5) is 26.4. The number of nitrogens with one attached hydrogen (secondary N) is 1. The third kappa shape index (κ3) is 3.57. The maximum atomic E-state index is 12.6. The summed E-state index contributed by atoms with van der Waals surface area (Å²) in [6.07, 6.45) is 3.80. The van der Waals surface area contributed by atoms with Crippen molar-refractivity contribution in [3.05, 3.63) is 28.2 Å². The van der Waals surface area contributed by atoms with Gasteiger partial charge in [0.15, 0.2) is 0 Å². The summed E-state index contributed by atoms with van der Waals surface area (Å²) in [5, 5.41) is 2.71. The zero-order chi connectivity index (χ0) is 18.2. The molecule has 138 valence electrons. The van der Waals surface area contributed by atoms with E-state index in [-0.39, 0.29) is 29.1 Å². The van der Waals surface area contributed by atoms with E-state index in [1.54, 1.807) is 35.4 Å². The minimum absolute atomic E-state index is 0.174. The molecule has 2 fully saturated rings. The average molecular weight is 368 g/mol. The second-order valence-corrected chi connectivity index (χ2v) is 8.78. The lowest BCUT2D eigenvalue weighted by Crippen LogP contribution is -2.51. The van der Waals surface area contributed by atoms with Crippen molar-refractivity contribution >= 4 is 21.7 Å². The predicted octanol–water partition coefficient (Wildman–Crippen LogP) is 0.726. The van der Waals surface area contributed by atoms with E-state index >= 15 is 0 Å². The third-order valence-corrected chi connectivity index (χ3v) is 6.94. The number of urea groups is 1. The normalized spacial score (nSPS) is 23.6. The summed E-state index contributed by atoms with van der Waals surface area (Å²) in [5.41, 5.74) is 0.710. The number of carbonyl (C=O) groups excluding carboxylic acids is 1. The van der Waals surface area contributed by atoms with Gasteiger partial charge in [0, 0.05) is 38.9 Å². The summed E-state index contributed by atoms with van der Waals surface area (Å²) in [6.45, 7) is 3.22. The zero-order valence-electron chi connectivity index (χ0n) is 14.6. The molecule has 3 rings (SSSR count). The lowest BCUT2D eigenvalue weighted by Gasteiger charge is -2.36. The number of hydrogen-bond acceptors (Lipinski definition) is 4. The van der Waals surface area contributed by atoms with E-state index in [9.17, 15) is 18.0 Å². The highest BCUT2D eigenvalue weighted by Crippen LogP contribution is 2.24. The third-order valence-electron chi connectivity index (χ3n) is 4.94. The highest BCUT2D eigenvalue weighted by molar-refractivity contribution is 7.89. The fraction of sp³-hybridized carbons (Fsp3) is 0.625. The van der Waals surface area contributed by atoms with Gasteiger partial charge in [-0.3, -0.25) is 4.79 Å². The van der Waals surface area contributed by atoms with Crippen LogP contribution in [0.3, 0.4) is 0 Å². The van der Waals surface area contributed by atoms with Crippen molar-refractivity contribution < 1.29 is 13.2 Å². The second kappa shape index (κ2) is 6.80. The number of likely N-dealkylation sites (tertiary alicyclic amines) is 1. The maximum absolute atomic E-state index is 12.6. The number of anilines is 1. The number of pyridine rings is 1. The number of aryl methyl sites for hydroxylation is 2. The minimum Gasteiger partial charge on any atom is -0.323 e. The van der Waals surface area contributed by atoms with Gasteiger partial charge in [0.25, 0.3) is 5.56 Å². The molecule has 0 spiro atoms. The molecule has 9 heteroatoms. The van der Waals surface area contributed by atoms with Crippen molar-refractivity contribution in [3.63, 3.8) is 0 Å². The lowest BCUT2D eigenvalue weighted by atomic mass is 10.1. The van der Waals surface area contributed by atoms with Crippen molar-refractivity contribution in [1.29, 1.82) is 0 Å². The number of carbonyl (C=O) groups is 1. The zero-order valence-corrected chi connectivity index (χ0v) is 15.4. The van der Waals surface area contributed by atoms with Gasteiger partial charge in [-0.2, -0.15) is 4.31 Å². The van der Waals surface area contributed by atoms with Crippen molar-refractivity contribution in [1.82, 2.24) is 13.8 Å². The summed E-state index contributed by atoms with van der Waals surface area (Å²) in [7, 11) is -1.56.